The molecular formula is C18H17BrFN3O2S. The molecule has 0 saturated heterocycles. The maximum absolute atomic E-state index is 13.0. The number of sulfonamides is 1. The molecule has 3 aromatic rings. The van der Waals surface area contributed by atoms with E-state index in [9.17, 15) is 12.8 Å². The van der Waals surface area contributed by atoms with Crippen LogP contribution in [0.5, 0.6) is 0 Å². The van der Waals surface area contributed by atoms with E-state index in [1.165, 1.54) is 12.1 Å². The standard InChI is InChI=1S/C18H17BrFN3O2S/c1-12-3-8-17(13(2)9-12)26(24,25)22-18-16(19)11-23(21-18)10-14-4-6-15(20)7-5-14/h3-9,11H,10H2,1-2H3,(H,21,22). The van der Waals surface area contributed by atoms with Crippen LogP contribution in [-0.4, -0.2) is 18.2 Å². The minimum atomic E-state index is -3.75. The van der Waals surface area contributed by atoms with E-state index in [4.69, 9.17) is 0 Å². The Labute approximate surface area is 160 Å². The second-order valence-electron chi connectivity index (χ2n) is 6.02. The van der Waals surface area contributed by atoms with Crippen LogP contribution < -0.4 is 4.72 Å². The van der Waals surface area contributed by atoms with Crippen LogP contribution in [0.3, 0.4) is 0 Å². The van der Waals surface area contributed by atoms with Gasteiger partial charge in [0.05, 0.1) is 15.9 Å². The Balaban J connectivity index is 1.83. The van der Waals surface area contributed by atoms with Gasteiger partial charge >= 0.3 is 0 Å². The summed E-state index contributed by atoms with van der Waals surface area (Å²) in [5.41, 5.74) is 2.51. The first-order valence-electron chi connectivity index (χ1n) is 7.82. The minimum absolute atomic E-state index is 0.201. The highest BCUT2D eigenvalue weighted by atomic mass is 79.9. The molecule has 0 aliphatic rings. The van der Waals surface area contributed by atoms with Gasteiger partial charge in [0.1, 0.15) is 5.82 Å². The monoisotopic (exact) mass is 437 g/mol. The molecule has 0 bridgehead atoms. The van der Waals surface area contributed by atoms with E-state index in [2.05, 4.69) is 25.8 Å². The number of anilines is 1. The number of nitrogens with one attached hydrogen (secondary N) is 1. The van der Waals surface area contributed by atoms with Gasteiger partial charge in [0.15, 0.2) is 5.82 Å². The average Bonchev–Trinajstić information content (AvgIpc) is 2.88. The number of hydrogen-bond donors (Lipinski definition) is 1. The summed E-state index contributed by atoms with van der Waals surface area (Å²) in [6, 6.07) is 11.2. The van der Waals surface area contributed by atoms with Crippen molar-refractivity contribution in [2.45, 2.75) is 25.3 Å². The molecule has 3 rings (SSSR count). The highest BCUT2D eigenvalue weighted by Crippen LogP contribution is 2.25. The van der Waals surface area contributed by atoms with E-state index >= 15 is 0 Å². The van der Waals surface area contributed by atoms with Crippen LogP contribution in [0.15, 0.2) is 58.0 Å². The molecule has 0 fully saturated rings. The minimum Gasteiger partial charge on any atom is -0.265 e. The van der Waals surface area contributed by atoms with Crippen LogP contribution in [0.2, 0.25) is 0 Å². The Hall–Kier alpha value is -2.19. The van der Waals surface area contributed by atoms with E-state index in [0.29, 0.717) is 16.6 Å². The summed E-state index contributed by atoms with van der Waals surface area (Å²) in [5.74, 6) is -0.107. The molecule has 0 amide bonds. The van der Waals surface area contributed by atoms with Gasteiger partial charge < -0.3 is 0 Å². The molecular weight excluding hydrogens is 421 g/mol. The third kappa shape index (κ3) is 4.13. The van der Waals surface area contributed by atoms with E-state index in [1.807, 2.05) is 13.0 Å². The van der Waals surface area contributed by atoms with Crippen LogP contribution in [0.25, 0.3) is 0 Å². The maximum Gasteiger partial charge on any atom is 0.263 e. The fraction of sp³-hybridized carbons (Fsp3) is 0.167. The molecule has 0 atom stereocenters. The molecule has 1 heterocycles. The number of rotatable bonds is 5. The van der Waals surface area contributed by atoms with Gasteiger partial charge in [-0.25, -0.2) is 12.8 Å². The third-order valence-electron chi connectivity index (χ3n) is 3.83. The van der Waals surface area contributed by atoms with Crippen molar-refractivity contribution in [3.63, 3.8) is 0 Å². The first kappa shape index (κ1) is 18.6. The smallest absolute Gasteiger partial charge is 0.263 e. The number of halogens is 2. The third-order valence-corrected chi connectivity index (χ3v) is 5.91. The molecule has 0 saturated carbocycles. The summed E-state index contributed by atoms with van der Waals surface area (Å²) in [6.45, 7) is 4.05. The summed E-state index contributed by atoms with van der Waals surface area (Å²) < 4.78 is 42.9. The Morgan fingerprint density at radius 1 is 1.15 bits per heavy atom. The molecule has 0 radical (unpaired) electrons. The quantitative estimate of drug-likeness (QED) is 0.648. The van der Waals surface area contributed by atoms with E-state index in [1.54, 1.807) is 42.1 Å². The molecule has 26 heavy (non-hydrogen) atoms. The van der Waals surface area contributed by atoms with Crippen LogP contribution in [-0.2, 0) is 16.6 Å². The van der Waals surface area contributed by atoms with Gasteiger partial charge in [-0.2, -0.15) is 5.10 Å². The Kier molecular flexibility index (Phi) is 5.15. The number of aromatic nitrogens is 2. The highest BCUT2D eigenvalue weighted by Gasteiger charge is 2.20. The van der Waals surface area contributed by atoms with Crippen LogP contribution in [0.1, 0.15) is 16.7 Å². The van der Waals surface area contributed by atoms with Crippen molar-refractivity contribution in [1.29, 1.82) is 0 Å². The number of aryl methyl sites for hydroxylation is 2. The average molecular weight is 438 g/mol. The zero-order valence-corrected chi connectivity index (χ0v) is 16.6. The fourth-order valence-electron chi connectivity index (χ4n) is 2.61. The topological polar surface area (TPSA) is 64.0 Å². The van der Waals surface area contributed by atoms with Crippen molar-refractivity contribution in [3.8, 4) is 0 Å². The number of benzene rings is 2. The summed E-state index contributed by atoms with van der Waals surface area (Å²) >= 11 is 3.33. The first-order chi connectivity index (χ1) is 12.2. The van der Waals surface area contributed by atoms with Gasteiger partial charge in [0, 0.05) is 6.20 Å². The lowest BCUT2D eigenvalue weighted by Crippen LogP contribution is -2.15. The van der Waals surface area contributed by atoms with Crippen molar-refractivity contribution >= 4 is 31.8 Å². The lowest BCUT2D eigenvalue weighted by Gasteiger charge is -2.09. The van der Waals surface area contributed by atoms with E-state index < -0.39 is 10.0 Å². The van der Waals surface area contributed by atoms with Crippen molar-refractivity contribution in [2.24, 2.45) is 0 Å². The molecule has 0 aliphatic heterocycles. The van der Waals surface area contributed by atoms with E-state index in [0.717, 1.165) is 11.1 Å². The second-order valence-corrected chi connectivity index (χ2v) is 8.53. The fourth-order valence-corrected chi connectivity index (χ4v) is 4.40. The largest absolute Gasteiger partial charge is 0.265 e. The normalized spacial score (nSPS) is 11.5. The second kappa shape index (κ2) is 7.20. The summed E-state index contributed by atoms with van der Waals surface area (Å²) in [5, 5.41) is 4.27. The number of nitrogens with zero attached hydrogens (tertiary/aromatic N) is 2. The lowest BCUT2D eigenvalue weighted by atomic mass is 10.2. The Bertz CT molecular complexity index is 1050. The van der Waals surface area contributed by atoms with Gasteiger partial charge in [-0.1, -0.05) is 29.8 Å². The summed E-state index contributed by atoms with van der Waals surface area (Å²) in [7, 11) is -3.75. The molecule has 136 valence electrons. The van der Waals surface area contributed by atoms with E-state index in [-0.39, 0.29) is 16.5 Å². The molecule has 1 aromatic heterocycles. The van der Waals surface area contributed by atoms with Crippen LogP contribution in [0, 0.1) is 19.7 Å². The molecule has 8 heteroatoms. The molecule has 0 spiro atoms. The highest BCUT2D eigenvalue weighted by molar-refractivity contribution is 9.10. The molecule has 2 aromatic carbocycles. The van der Waals surface area contributed by atoms with Gasteiger partial charge in [-0.15, -0.1) is 0 Å². The first-order valence-corrected chi connectivity index (χ1v) is 10.1. The zero-order chi connectivity index (χ0) is 18.9. The van der Waals surface area contributed by atoms with Gasteiger partial charge in [0.25, 0.3) is 10.0 Å². The zero-order valence-electron chi connectivity index (χ0n) is 14.2. The van der Waals surface area contributed by atoms with Crippen molar-refractivity contribution < 1.29 is 12.8 Å². The molecule has 5 nitrogen and oxygen atoms in total. The maximum atomic E-state index is 13.0. The Morgan fingerprint density at radius 3 is 2.50 bits per heavy atom. The van der Waals surface area contributed by atoms with Gasteiger partial charge in [0.2, 0.25) is 0 Å². The molecule has 0 aliphatic carbocycles. The lowest BCUT2D eigenvalue weighted by molar-refractivity contribution is 0.600. The van der Waals surface area contributed by atoms with Crippen LogP contribution >= 0.6 is 15.9 Å². The van der Waals surface area contributed by atoms with Crippen molar-refractivity contribution in [2.75, 3.05) is 4.72 Å². The molecule has 0 unspecified atom stereocenters. The number of hydrogen-bond acceptors (Lipinski definition) is 3. The SMILES string of the molecule is Cc1ccc(S(=O)(=O)Nc2nn(Cc3ccc(F)cc3)cc2Br)c(C)c1. The van der Waals surface area contributed by atoms with Crippen molar-refractivity contribution in [3.05, 3.63) is 75.6 Å². The van der Waals surface area contributed by atoms with Crippen molar-refractivity contribution in [1.82, 2.24) is 9.78 Å². The van der Waals surface area contributed by atoms with Gasteiger partial charge in [-0.3, -0.25) is 9.40 Å². The van der Waals surface area contributed by atoms with Crippen LogP contribution in [0.4, 0.5) is 10.2 Å². The summed E-state index contributed by atoms with van der Waals surface area (Å²) in [6.07, 6.45) is 1.67. The predicted octanol–water partition coefficient (Wildman–Crippen LogP) is 4.25. The Morgan fingerprint density at radius 2 is 1.85 bits per heavy atom. The summed E-state index contributed by atoms with van der Waals surface area (Å²) in [4.78, 5) is 0.211. The molecule has 1 N–H and O–H groups in total. The predicted molar refractivity (Wildman–Crippen MR) is 102 cm³/mol. The van der Waals surface area contributed by atoms with Gasteiger partial charge in [-0.05, 0) is 59.1 Å².